The number of amides is 4. The summed E-state index contributed by atoms with van der Waals surface area (Å²) in [5.41, 5.74) is 6.07. The number of anilines is 1. The van der Waals surface area contributed by atoms with Crippen LogP contribution >= 0.6 is 34.8 Å². The molecule has 9 nitrogen and oxygen atoms in total. The van der Waals surface area contributed by atoms with Gasteiger partial charge in [-0.25, -0.2) is 15.2 Å². The van der Waals surface area contributed by atoms with E-state index in [2.05, 4.69) is 21.2 Å². The van der Waals surface area contributed by atoms with Crippen LogP contribution in [0.2, 0.25) is 15.1 Å². The Balaban J connectivity index is 1.99. The van der Waals surface area contributed by atoms with Gasteiger partial charge in [-0.05, 0) is 49.7 Å². The molecule has 2 aromatic heterocycles. The molecule has 3 aromatic rings. The number of carbonyl (C=O) groups is 3. The van der Waals surface area contributed by atoms with E-state index in [1.807, 2.05) is 0 Å². The molecule has 0 unspecified atom stereocenters. The molecule has 0 saturated heterocycles. The van der Waals surface area contributed by atoms with E-state index < -0.39 is 17.8 Å². The average Bonchev–Trinajstić information content (AvgIpc) is 3.08. The zero-order valence-electron chi connectivity index (χ0n) is 18.7. The first kappa shape index (κ1) is 25.4. The number of aromatic nitrogens is 2. The molecule has 2 heterocycles. The molecule has 0 spiro atoms. The number of hydrogen-bond acceptors (Lipinski definition) is 4. The minimum Gasteiger partial charge on any atom is -0.330 e. The van der Waals surface area contributed by atoms with Gasteiger partial charge < -0.3 is 10.2 Å². The molecule has 1 aromatic carbocycles. The molecule has 0 saturated carbocycles. The number of rotatable bonds is 4. The number of nitrogens with zero attached hydrogens (tertiary/aromatic N) is 3. The van der Waals surface area contributed by atoms with E-state index in [0.29, 0.717) is 27.1 Å². The summed E-state index contributed by atoms with van der Waals surface area (Å²) in [7, 11) is 3.04. The Hall–Kier alpha value is -3.27. The number of nitrogens with one attached hydrogen (secondary N) is 3. The Kier molecular flexibility index (Phi) is 7.71. The highest BCUT2D eigenvalue weighted by Crippen LogP contribution is 2.30. The Morgan fingerprint density at radius 3 is 2.32 bits per heavy atom. The quantitative estimate of drug-likeness (QED) is 0.434. The van der Waals surface area contributed by atoms with Gasteiger partial charge >= 0.3 is 6.03 Å². The van der Waals surface area contributed by atoms with Gasteiger partial charge in [0, 0.05) is 31.0 Å². The van der Waals surface area contributed by atoms with Crippen molar-refractivity contribution in [1.29, 1.82) is 0 Å². The maximum absolute atomic E-state index is 13.3. The maximum atomic E-state index is 13.3. The van der Waals surface area contributed by atoms with E-state index in [4.69, 9.17) is 34.8 Å². The second-order valence-corrected chi connectivity index (χ2v) is 8.74. The van der Waals surface area contributed by atoms with Crippen molar-refractivity contribution < 1.29 is 14.4 Å². The molecular weight excluding hydrogens is 503 g/mol. The van der Waals surface area contributed by atoms with Crippen LogP contribution in [0.5, 0.6) is 0 Å². The highest BCUT2D eigenvalue weighted by molar-refractivity contribution is 6.33. The van der Waals surface area contributed by atoms with Crippen molar-refractivity contribution in [1.82, 2.24) is 25.3 Å². The summed E-state index contributed by atoms with van der Waals surface area (Å²) in [5, 5.41) is 3.69. The predicted octanol–water partition coefficient (Wildman–Crippen LogP) is 4.62. The van der Waals surface area contributed by atoms with Crippen LogP contribution in [0.1, 0.15) is 32.1 Å². The highest BCUT2D eigenvalue weighted by atomic mass is 35.5. The number of carbonyl (C=O) groups excluding carboxylic acids is 3. The Labute approximate surface area is 211 Å². The van der Waals surface area contributed by atoms with Crippen molar-refractivity contribution in [3.63, 3.8) is 0 Å². The number of benzene rings is 1. The molecule has 3 N–H and O–H groups in total. The Bertz CT molecular complexity index is 1290. The topological polar surface area (TPSA) is 108 Å². The zero-order chi connectivity index (χ0) is 25.2. The third-order valence-electron chi connectivity index (χ3n) is 4.84. The van der Waals surface area contributed by atoms with Crippen LogP contribution in [-0.2, 0) is 0 Å². The van der Waals surface area contributed by atoms with Crippen molar-refractivity contribution >= 4 is 58.3 Å². The van der Waals surface area contributed by atoms with Crippen molar-refractivity contribution in [3.8, 4) is 5.82 Å². The normalized spacial score (nSPS) is 10.6. The number of hydrazine groups is 1. The summed E-state index contributed by atoms with van der Waals surface area (Å²) in [4.78, 5) is 43.4. The van der Waals surface area contributed by atoms with Crippen molar-refractivity contribution in [3.05, 3.63) is 74.1 Å². The molecule has 0 aliphatic rings. The molecule has 34 heavy (non-hydrogen) atoms. The van der Waals surface area contributed by atoms with Gasteiger partial charge in [0.1, 0.15) is 5.69 Å². The smallest absolute Gasteiger partial charge is 0.330 e. The lowest BCUT2D eigenvalue weighted by Gasteiger charge is -2.17. The van der Waals surface area contributed by atoms with Gasteiger partial charge in [0.15, 0.2) is 5.82 Å². The largest absolute Gasteiger partial charge is 0.335 e. The van der Waals surface area contributed by atoms with Crippen LogP contribution in [0.4, 0.5) is 10.5 Å². The van der Waals surface area contributed by atoms with Crippen molar-refractivity contribution in [2.24, 2.45) is 0 Å². The van der Waals surface area contributed by atoms with E-state index in [-0.39, 0.29) is 22.0 Å². The van der Waals surface area contributed by atoms with Gasteiger partial charge in [0.2, 0.25) is 0 Å². The third kappa shape index (κ3) is 5.27. The van der Waals surface area contributed by atoms with Crippen molar-refractivity contribution in [2.45, 2.75) is 13.8 Å². The van der Waals surface area contributed by atoms with Gasteiger partial charge in [-0.2, -0.15) is 0 Å². The van der Waals surface area contributed by atoms with Gasteiger partial charge in [-0.15, -0.1) is 0 Å². The lowest BCUT2D eigenvalue weighted by atomic mass is 10.1. The van der Waals surface area contributed by atoms with Crippen LogP contribution in [0, 0.1) is 13.8 Å². The molecule has 0 fully saturated rings. The van der Waals surface area contributed by atoms with Crippen LogP contribution in [0.25, 0.3) is 5.82 Å². The first-order valence-corrected chi connectivity index (χ1v) is 11.0. The molecule has 0 radical (unpaired) electrons. The summed E-state index contributed by atoms with van der Waals surface area (Å²) in [6.07, 6.45) is 1.55. The molecule has 3 rings (SSSR count). The molecule has 178 valence electrons. The molecule has 12 heteroatoms. The van der Waals surface area contributed by atoms with Crippen molar-refractivity contribution in [2.75, 3.05) is 19.4 Å². The first-order valence-electron chi connectivity index (χ1n) is 9.89. The minimum atomic E-state index is -0.673. The Morgan fingerprint density at radius 2 is 1.68 bits per heavy atom. The SMILES string of the molecule is Cc1cc(Cl)cc(C(=O)NNC(=O)N(C)C)c1NC(=O)c1cc(Cl)c(C)n1-c1ncccc1Cl. The standard InChI is InChI=1S/C22H21Cl3N6O3/c1-11-8-13(23)9-14(20(32)28-29-22(34)30(3)4)18(11)27-21(33)17-10-16(25)12(2)31(17)19-15(24)6-5-7-26-19/h5-10H,1-4H3,(H,27,33)(H,28,32)(H,29,34). The van der Waals surface area contributed by atoms with Gasteiger partial charge in [0.05, 0.1) is 21.3 Å². The first-order chi connectivity index (χ1) is 16.0. The summed E-state index contributed by atoms with van der Waals surface area (Å²) in [6.45, 7) is 3.41. The minimum absolute atomic E-state index is 0.0502. The fraction of sp³-hybridized carbons (Fsp3) is 0.182. The van der Waals surface area contributed by atoms with E-state index in [0.717, 1.165) is 0 Å². The van der Waals surface area contributed by atoms with E-state index in [1.165, 1.54) is 35.7 Å². The zero-order valence-corrected chi connectivity index (χ0v) is 20.9. The second kappa shape index (κ2) is 10.3. The number of urea groups is 1. The van der Waals surface area contributed by atoms with E-state index in [9.17, 15) is 14.4 Å². The highest BCUT2D eigenvalue weighted by Gasteiger charge is 2.23. The second-order valence-electron chi connectivity index (χ2n) is 7.49. The number of halogens is 3. The van der Waals surface area contributed by atoms with Crippen LogP contribution in [0.3, 0.4) is 0 Å². The maximum Gasteiger partial charge on any atom is 0.335 e. The summed E-state index contributed by atoms with van der Waals surface area (Å²) < 4.78 is 1.53. The fourth-order valence-corrected chi connectivity index (χ4v) is 3.78. The average molecular weight is 524 g/mol. The van der Waals surface area contributed by atoms with Gasteiger partial charge in [-0.3, -0.25) is 19.6 Å². The van der Waals surface area contributed by atoms with Crippen LogP contribution in [0.15, 0.2) is 36.5 Å². The fourth-order valence-electron chi connectivity index (χ4n) is 3.11. The third-order valence-corrected chi connectivity index (χ3v) is 5.74. The number of hydrogen-bond donors (Lipinski definition) is 3. The molecule has 0 atom stereocenters. The van der Waals surface area contributed by atoms with Gasteiger partial charge in [-0.1, -0.05) is 34.8 Å². The summed E-state index contributed by atoms with van der Waals surface area (Å²) >= 11 is 18.8. The number of aryl methyl sites for hydroxylation is 1. The lowest BCUT2D eigenvalue weighted by Crippen LogP contribution is -2.46. The van der Waals surface area contributed by atoms with E-state index >= 15 is 0 Å². The molecule has 0 aliphatic carbocycles. The monoisotopic (exact) mass is 522 g/mol. The van der Waals surface area contributed by atoms with Gasteiger partial charge in [0.25, 0.3) is 11.8 Å². The number of pyridine rings is 1. The summed E-state index contributed by atoms with van der Waals surface area (Å²) in [6, 6.07) is 7.25. The lowest BCUT2D eigenvalue weighted by molar-refractivity contribution is 0.0933. The van der Waals surface area contributed by atoms with Crippen LogP contribution < -0.4 is 16.2 Å². The molecule has 4 amide bonds. The van der Waals surface area contributed by atoms with E-state index in [1.54, 1.807) is 38.2 Å². The summed E-state index contributed by atoms with van der Waals surface area (Å²) in [5.74, 6) is -0.905. The molecular formula is C22H21Cl3N6O3. The van der Waals surface area contributed by atoms with Crippen LogP contribution in [-0.4, -0.2) is 46.4 Å². The molecule has 0 aliphatic heterocycles. The Morgan fingerprint density at radius 1 is 0.971 bits per heavy atom. The predicted molar refractivity (Wildman–Crippen MR) is 132 cm³/mol. The molecule has 0 bridgehead atoms.